The van der Waals surface area contributed by atoms with Crippen molar-refractivity contribution >= 4 is 17.2 Å². The lowest BCUT2D eigenvalue weighted by Gasteiger charge is -2.09. The molecule has 6 heteroatoms. The van der Waals surface area contributed by atoms with Gasteiger partial charge in [-0.2, -0.15) is 0 Å². The maximum Gasteiger partial charge on any atom is 0.198 e. The fourth-order valence-corrected chi connectivity index (χ4v) is 1.55. The molecule has 2 rings (SSSR count). The molecule has 0 unspecified atom stereocenters. The second-order valence-corrected chi connectivity index (χ2v) is 4.31. The number of hydrogen-bond acceptors (Lipinski definition) is 3. The zero-order chi connectivity index (χ0) is 14.0. The van der Waals surface area contributed by atoms with E-state index >= 15 is 0 Å². The van der Waals surface area contributed by atoms with Crippen molar-refractivity contribution in [3.05, 3.63) is 53.4 Å². The fraction of sp³-hybridized carbons (Fsp3) is 0.0769. The third kappa shape index (κ3) is 3.03. The first-order valence-corrected chi connectivity index (χ1v) is 5.77. The molecule has 0 fully saturated rings. The van der Waals surface area contributed by atoms with Crippen molar-refractivity contribution in [2.45, 2.75) is 6.92 Å². The van der Waals surface area contributed by atoms with Crippen LogP contribution >= 0.6 is 12.2 Å². The number of rotatable bonds is 3. The van der Waals surface area contributed by atoms with Crippen molar-refractivity contribution in [3.8, 4) is 11.5 Å². The molecule has 3 nitrogen and oxygen atoms in total. The summed E-state index contributed by atoms with van der Waals surface area (Å²) in [5.74, 6) is -2.01. The predicted octanol–water partition coefficient (Wildman–Crippen LogP) is 3.09. The van der Waals surface area contributed by atoms with Crippen molar-refractivity contribution in [2.75, 3.05) is 0 Å². The molecule has 2 aromatic rings. The van der Waals surface area contributed by atoms with E-state index in [9.17, 15) is 8.78 Å². The molecule has 98 valence electrons. The molecule has 0 bridgehead atoms. The Bertz CT molecular complexity index is 606. The van der Waals surface area contributed by atoms with E-state index in [0.717, 1.165) is 17.8 Å². The number of ether oxygens (including phenoxy) is 1. The molecular formula is C13H10F2N2OS. The van der Waals surface area contributed by atoms with Gasteiger partial charge in [0.2, 0.25) is 0 Å². The fourth-order valence-electron chi connectivity index (χ4n) is 1.43. The van der Waals surface area contributed by atoms with Crippen LogP contribution in [0.5, 0.6) is 11.5 Å². The van der Waals surface area contributed by atoms with Crippen LogP contribution in [0.15, 0.2) is 30.5 Å². The maximum absolute atomic E-state index is 13.7. The molecule has 0 radical (unpaired) electrons. The molecule has 1 heterocycles. The van der Waals surface area contributed by atoms with Crippen molar-refractivity contribution in [1.82, 2.24) is 4.98 Å². The third-order valence-electron chi connectivity index (χ3n) is 2.39. The van der Waals surface area contributed by atoms with E-state index in [1.165, 1.54) is 6.20 Å². The minimum absolute atomic E-state index is 0.0821. The molecule has 1 aromatic heterocycles. The van der Waals surface area contributed by atoms with Crippen LogP contribution in [0.2, 0.25) is 0 Å². The lowest BCUT2D eigenvalue weighted by Crippen LogP contribution is -2.10. The van der Waals surface area contributed by atoms with Crippen LogP contribution in [-0.2, 0) is 0 Å². The maximum atomic E-state index is 13.7. The van der Waals surface area contributed by atoms with Crippen molar-refractivity contribution in [3.63, 3.8) is 0 Å². The summed E-state index contributed by atoms with van der Waals surface area (Å²) in [6.07, 6.45) is 1.38. The molecule has 0 aliphatic heterocycles. The van der Waals surface area contributed by atoms with Gasteiger partial charge >= 0.3 is 0 Å². The minimum atomic E-state index is -0.872. The van der Waals surface area contributed by atoms with Gasteiger partial charge in [-0.05, 0) is 31.2 Å². The predicted molar refractivity (Wildman–Crippen MR) is 71.3 cm³/mol. The van der Waals surface area contributed by atoms with Crippen molar-refractivity contribution in [2.24, 2.45) is 5.73 Å². The van der Waals surface area contributed by atoms with Crippen molar-refractivity contribution < 1.29 is 13.5 Å². The molecule has 1 aromatic carbocycles. The van der Waals surface area contributed by atoms with Crippen LogP contribution in [-0.4, -0.2) is 9.97 Å². The highest BCUT2D eigenvalue weighted by Crippen LogP contribution is 2.28. The number of nitrogens with zero attached hydrogens (tertiary/aromatic N) is 1. The quantitative estimate of drug-likeness (QED) is 0.878. The average Bonchev–Trinajstić information content (AvgIpc) is 2.35. The van der Waals surface area contributed by atoms with Gasteiger partial charge in [-0.25, -0.2) is 8.78 Å². The number of nitrogens with two attached hydrogens (primary N) is 1. The summed E-state index contributed by atoms with van der Waals surface area (Å²) in [5, 5.41) is 0. The van der Waals surface area contributed by atoms with Gasteiger partial charge in [0.25, 0.3) is 0 Å². The number of hydrogen-bond donors (Lipinski definition) is 1. The third-order valence-corrected chi connectivity index (χ3v) is 2.62. The molecule has 0 saturated heterocycles. The van der Waals surface area contributed by atoms with E-state index in [-0.39, 0.29) is 16.3 Å². The molecule has 2 N–H and O–H groups in total. The largest absolute Gasteiger partial charge is 0.450 e. The minimum Gasteiger partial charge on any atom is -0.450 e. The van der Waals surface area contributed by atoms with Crippen LogP contribution < -0.4 is 10.5 Å². The topological polar surface area (TPSA) is 48.1 Å². The van der Waals surface area contributed by atoms with E-state index in [1.807, 2.05) is 0 Å². The summed E-state index contributed by atoms with van der Waals surface area (Å²) in [7, 11) is 0. The van der Waals surface area contributed by atoms with E-state index < -0.39 is 17.4 Å². The Labute approximate surface area is 114 Å². The first-order chi connectivity index (χ1) is 8.97. The van der Waals surface area contributed by atoms with Crippen LogP contribution in [0.3, 0.4) is 0 Å². The first kappa shape index (κ1) is 13.4. The Kier molecular flexibility index (Phi) is 3.71. The SMILES string of the molecule is Cc1ccc(Oc2c(F)cc(C(N)=S)cc2F)cn1. The number of thiocarbonyl (C=S) groups is 1. The highest BCUT2D eigenvalue weighted by atomic mass is 32.1. The molecule has 0 atom stereocenters. The number of halogens is 2. The van der Waals surface area contributed by atoms with Crippen LogP contribution in [0.25, 0.3) is 0 Å². The Balaban J connectivity index is 2.35. The molecule has 0 spiro atoms. The van der Waals surface area contributed by atoms with Gasteiger partial charge in [0.1, 0.15) is 10.7 Å². The van der Waals surface area contributed by atoms with Crippen LogP contribution in [0.4, 0.5) is 8.78 Å². The second-order valence-electron chi connectivity index (χ2n) is 3.87. The average molecular weight is 280 g/mol. The van der Waals surface area contributed by atoms with Crippen LogP contribution in [0.1, 0.15) is 11.3 Å². The number of benzene rings is 1. The Morgan fingerprint density at radius 2 is 1.89 bits per heavy atom. The first-order valence-electron chi connectivity index (χ1n) is 5.36. The Hall–Kier alpha value is -2.08. The summed E-state index contributed by atoms with van der Waals surface area (Å²) in [6.45, 7) is 1.79. The van der Waals surface area contributed by atoms with E-state index in [0.29, 0.717) is 0 Å². The van der Waals surface area contributed by atoms with E-state index in [2.05, 4.69) is 17.2 Å². The van der Waals surface area contributed by atoms with Gasteiger partial charge in [-0.1, -0.05) is 12.2 Å². The van der Waals surface area contributed by atoms with Gasteiger partial charge in [0.15, 0.2) is 17.4 Å². The standard InChI is InChI=1S/C13H10F2N2OS/c1-7-2-3-9(6-17-7)18-12-10(14)4-8(13(16)19)5-11(12)15/h2-6H,1H3,(H2,16,19). The molecule has 19 heavy (non-hydrogen) atoms. The Morgan fingerprint density at radius 1 is 1.26 bits per heavy atom. The van der Waals surface area contributed by atoms with E-state index in [4.69, 9.17) is 10.5 Å². The van der Waals surface area contributed by atoms with Gasteiger partial charge in [-0.3, -0.25) is 4.98 Å². The number of aromatic nitrogens is 1. The lowest BCUT2D eigenvalue weighted by atomic mass is 10.2. The van der Waals surface area contributed by atoms with Gasteiger partial charge < -0.3 is 10.5 Å². The normalized spacial score (nSPS) is 10.3. The van der Waals surface area contributed by atoms with Gasteiger partial charge in [-0.15, -0.1) is 0 Å². The lowest BCUT2D eigenvalue weighted by molar-refractivity contribution is 0.406. The molecular weight excluding hydrogens is 270 g/mol. The Morgan fingerprint density at radius 3 is 2.37 bits per heavy atom. The highest BCUT2D eigenvalue weighted by Gasteiger charge is 2.14. The van der Waals surface area contributed by atoms with Gasteiger partial charge in [0.05, 0.1) is 6.20 Å². The summed E-state index contributed by atoms with van der Waals surface area (Å²) < 4.78 is 32.6. The number of aryl methyl sites for hydroxylation is 1. The van der Waals surface area contributed by atoms with Gasteiger partial charge in [0, 0.05) is 11.3 Å². The van der Waals surface area contributed by atoms with Crippen molar-refractivity contribution in [1.29, 1.82) is 0 Å². The summed E-state index contributed by atoms with van der Waals surface area (Å²) in [4.78, 5) is 3.89. The second kappa shape index (κ2) is 5.27. The summed E-state index contributed by atoms with van der Waals surface area (Å²) in [5.41, 5.74) is 6.20. The number of pyridine rings is 1. The molecule has 0 aliphatic carbocycles. The highest BCUT2D eigenvalue weighted by molar-refractivity contribution is 7.80. The smallest absolute Gasteiger partial charge is 0.198 e. The molecule has 0 amide bonds. The van der Waals surface area contributed by atoms with Crippen LogP contribution in [0, 0.1) is 18.6 Å². The summed E-state index contributed by atoms with van der Waals surface area (Å²) >= 11 is 4.66. The molecule has 0 saturated carbocycles. The zero-order valence-corrected chi connectivity index (χ0v) is 10.8. The zero-order valence-electron chi connectivity index (χ0n) is 9.98. The molecule has 0 aliphatic rings. The summed E-state index contributed by atoms with van der Waals surface area (Å²) in [6, 6.07) is 5.31. The van der Waals surface area contributed by atoms with E-state index in [1.54, 1.807) is 19.1 Å². The monoisotopic (exact) mass is 280 g/mol.